The van der Waals surface area contributed by atoms with Crippen LogP contribution in [-0.4, -0.2) is 25.8 Å². The number of morpholine rings is 1. The van der Waals surface area contributed by atoms with Gasteiger partial charge in [0, 0.05) is 19.5 Å². The van der Waals surface area contributed by atoms with Crippen LogP contribution in [0.3, 0.4) is 0 Å². The Morgan fingerprint density at radius 2 is 2.29 bits per heavy atom. The summed E-state index contributed by atoms with van der Waals surface area (Å²) in [6, 6.07) is 8.52. The van der Waals surface area contributed by atoms with E-state index in [0.29, 0.717) is 6.10 Å². The number of aryl methyl sites for hydroxylation is 1. The zero-order valence-electron chi connectivity index (χ0n) is 8.62. The van der Waals surface area contributed by atoms with E-state index in [9.17, 15) is 0 Å². The highest BCUT2D eigenvalue weighted by atomic mass is 16.5. The third-order valence-corrected chi connectivity index (χ3v) is 2.71. The monoisotopic (exact) mass is 191 g/mol. The van der Waals surface area contributed by atoms with E-state index in [-0.39, 0.29) is 0 Å². The molecule has 76 valence electrons. The Hall–Kier alpha value is -0.860. The van der Waals surface area contributed by atoms with Gasteiger partial charge >= 0.3 is 0 Å². The zero-order chi connectivity index (χ0) is 9.80. The number of hydrogen-bond acceptors (Lipinski definition) is 2. The highest BCUT2D eigenvalue weighted by Gasteiger charge is 2.14. The van der Waals surface area contributed by atoms with Crippen LogP contribution < -0.4 is 5.32 Å². The molecule has 1 saturated heterocycles. The molecule has 0 saturated carbocycles. The molecule has 1 aliphatic rings. The summed E-state index contributed by atoms with van der Waals surface area (Å²) in [6.07, 6.45) is 1.38. The van der Waals surface area contributed by atoms with Crippen molar-refractivity contribution in [3.05, 3.63) is 35.4 Å². The molecule has 1 aromatic carbocycles. The third kappa shape index (κ3) is 2.34. The molecule has 1 N–H and O–H groups in total. The lowest BCUT2D eigenvalue weighted by Gasteiger charge is -2.24. The Bertz CT molecular complexity index is 292. The van der Waals surface area contributed by atoms with Crippen LogP contribution in [0.15, 0.2) is 24.3 Å². The Balaban J connectivity index is 1.99. The van der Waals surface area contributed by atoms with Crippen molar-refractivity contribution in [3.8, 4) is 0 Å². The van der Waals surface area contributed by atoms with Gasteiger partial charge in [-0.05, 0) is 18.1 Å². The predicted molar refractivity (Wildman–Crippen MR) is 57.5 cm³/mol. The molecule has 0 spiro atoms. The molecule has 0 bridgehead atoms. The Morgan fingerprint density at radius 3 is 3.00 bits per heavy atom. The molecule has 2 nitrogen and oxygen atoms in total. The zero-order valence-corrected chi connectivity index (χ0v) is 8.62. The standard InChI is InChI=1S/C12H17NO/c1-10-4-2-3-5-11(10)8-12-9-13-6-7-14-12/h2-5,12-13H,6-9H2,1H3. The number of rotatable bonds is 2. The van der Waals surface area contributed by atoms with Gasteiger partial charge in [-0.3, -0.25) is 0 Å². The van der Waals surface area contributed by atoms with Gasteiger partial charge in [-0.15, -0.1) is 0 Å². The number of nitrogens with one attached hydrogen (secondary N) is 1. The summed E-state index contributed by atoms with van der Waals surface area (Å²) in [5, 5.41) is 3.35. The molecule has 1 aromatic rings. The molecule has 0 aliphatic carbocycles. The molecule has 14 heavy (non-hydrogen) atoms. The van der Waals surface area contributed by atoms with Crippen molar-refractivity contribution in [1.82, 2.24) is 5.32 Å². The first-order valence-corrected chi connectivity index (χ1v) is 5.23. The van der Waals surface area contributed by atoms with E-state index in [1.54, 1.807) is 0 Å². The first kappa shape index (κ1) is 9.69. The summed E-state index contributed by atoms with van der Waals surface area (Å²) in [4.78, 5) is 0. The highest BCUT2D eigenvalue weighted by Crippen LogP contribution is 2.12. The second-order valence-corrected chi connectivity index (χ2v) is 3.83. The summed E-state index contributed by atoms with van der Waals surface area (Å²) in [6.45, 7) is 4.97. The van der Waals surface area contributed by atoms with E-state index >= 15 is 0 Å². The van der Waals surface area contributed by atoms with Gasteiger partial charge in [-0.25, -0.2) is 0 Å². The van der Waals surface area contributed by atoms with Gasteiger partial charge in [0.15, 0.2) is 0 Å². The fraction of sp³-hybridized carbons (Fsp3) is 0.500. The predicted octanol–water partition coefficient (Wildman–Crippen LogP) is 1.53. The SMILES string of the molecule is Cc1ccccc1CC1CNCCO1. The smallest absolute Gasteiger partial charge is 0.0740 e. The fourth-order valence-corrected chi connectivity index (χ4v) is 1.84. The normalized spacial score (nSPS) is 22.2. The average Bonchev–Trinajstić information content (AvgIpc) is 2.23. The summed E-state index contributed by atoms with van der Waals surface area (Å²) in [5.41, 5.74) is 2.77. The average molecular weight is 191 g/mol. The van der Waals surface area contributed by atoms with Crippen molar-refractivity contribution >= 4 is 0 Å². The van der Waals surface area contributed by atoms with Gasteiger partial charge in [0.2, 0.25) is 0 Å². The van der Waals surface area contributed by atoms with E-state index in [0.717, 1.165) is 26.1 Å². The van der Waals surface area contributed by atoms with Crippen LogP contribution in [0.5, 0.6) is 0 Å². The van der Waals surface area contributed by atoms with E-state index < -0.39 is 0 Å². The van der Waals surface area contributed by atoms with Crippen LogP contribution in [0.1, 0.15) is 11.1 Å². The highest BCUT2D eigenvalue weighted by molar-refractivity contribution is 5.26. The largest absolute Gasteiger partial charge is 0.375 e. The lowest BCUT2D eigenvalue weighted by atomic mass is 10.0. The van der Waals surface area contributed by atoms with Gasteiger partial charge < -0.3 is 10.1 Å². The van der Waals surface area contributed by atoms with E-state index in [4.69, 9.17) is 4.74 Å². The maximum atomic E-state index is 5.67. The molecule has 0 amide bonds. The minimum absolute atomic E-state index is 0.352. The molecule has 1 unspecified atom stereocenters. The molecule has 2 heteroatoms. The van der Waals surface area contributed by atoms with E-state index in [1.807, 2.05) is 0 Å². The van der Waals surface area contributed by atoms with Gasteiger partial charge in [0.1, 0.15) is 0 Å². The minimum atomic E-state index is 0.352. The second-order valence-electron chi connectivity index (χ2n) is 3.83. The van der Waals surface area contributed by atoms with Crippen molar-refractivity contribution in [2.24, 2.45) is 0 Å². The molecule has 1 aliphatic heterocycles. The Kier molecular flexibility index (Phi) is 3.17. The van der Waals surface area contributed by atoms with Crippen molar-refractivity contribution in [2.75, 3.05) is 19.7 Å². The third-order valence-electron chi connectivity index (χ3n) is 2.71. The van der Waals surface area contributed by atoms with Gasteiger partial charge in [-0.1, -0.05) is 24.3 Å². The summed E-state index contributed by atoms with van der Waals surface area (Å²) < 4.78 is 5.67. The molecular weight excluding hydrogens is 174 g/mol. The molecule has 1 heterocycles. The van der Waals surface area contributed by atoms with E-state index in [2.05, 4.69) is 36.5 Å². The van der Waals surface area contributed by atoms with Crippen molar-refractivity contribution in [1.29, 1.82) is 0 Å². The van der Waals surface area contributed by atoms with Crippen LogP contribution in [-0.2, 0) is 11.2 Å². The summed E-state index contributed by atoms with van der Waals surface area (Å²) in [7, 11) is 0. The maximum Gasteiger partial charge on any atom is 0.0740 e. The molecular formula is C12H17NO. The second kappa shape index (κ2) is 4.58. The van der Waals surface area contributed by atoms with Gasteiger partial charge in [0.05, 0.1) is 12.7 Å². The van der Waals surface area contributed by atoms with Crippen LogP contribution in [0.25, 0.3) is 0 Å². The topological polar surface area (TPSA) is 21.3 Å². The molecule has 0 radical (unpaired) electrons. The van der Waals surface area contributed by atoms with E-state index in [1.165, 1.54) is 11.1 Å². The minimum Gasteiger partial charge on any atom is -0.375 e. The van der Waals surface area contributed by atoms with Crippen molar-refractivity contribution < 1.29 is 4.74 Å². The number of benzene rings is 1. The summed E-state index contributed by atoms with van der Waals surface area (Å²) in [5.74, 6) is 0. The van der Waals surface area contributed by atoms with Crippen molar-refractivity contribution in [3.63, 3.8) is 0 Å². The lowest BCUT2D eigenvalue weighted by molar-refractivity contribution is 0.0291. The van der Waals surface area contributed by atoms with Crippen LogP contribution in [0, 0.1) is 6.92 Å². The lowest BCUT2D eigenvalue weighted by Crippen LogP contribution is -2.39. The number of ether oxygens (including phenoxy) is 1. The van der Waals surface area contributed by atoms with Crippen LogP contribution >= 0.6 is 0 Å². The first-order valence-electron chi connectivity index (χ1n) is 5.23. The molecule has 0 aromatic heterocycles. The maximum absolute atomic E-state index is 5.67. The van der Waals surface area contributed by atoms with Gasteiger partial charge in [0.25, 0.3) is 0 Å². The Labute approximate surface area is 85.3 Å². The summed E-state index contributed by atoms with van der Waals surface area (Å²) >= 11 is 0. The first-order chi connectivity index (χ1) is 6.86. The molecule has 2 rings (SSSR count). The fourth-order valence-electron chi connectivity index (χ4n) is 1.84. The van der Waals surface area contributed by atoms with Crippen LogP contribution in [0.2, 0.25) is 0 Å². The van der Waals surface area contributed by atoms with Crippen LogP contribution in [0.4, 0.5) is 0 Å². The quantitative estimate of drug-likeness (QED) is 0.765. The van der Waals surface area contributed by atoms with Crippen molar-refractivity contribution in [2.45, 2.75) is 19.4 Å². The molecule has 1 atom stereocenters. The Morgan fingerprint density at radius 1 is 1.43 bits per heavy atom. The number of hydrogen-bond donors (Lipinski definition) is 1. The molecule has 1 fully saturated rings. The van der Waals surface area contributed by atoms with Gasteiger partial charge in [-0.2, -0.15) is 0 Å².